The lowest BCUT2D eigenvalue weighted by Crippen LogP contribution is -2.43. The smallest absolute Gasteiger partial charge is 0.311 e. The Hall–Kier alpha value is -1.13. The van der Waals surface area contributed by atoms with Crippen LogP contribution in [0.15, 0.2) is 30.3 Å². The zero-order valence-electron chi connectivity index (χ0n) is 14.3. The maximum absolute atomic E-state index is 12.0. The molecular formula is C17H28O3Si. The highest BCUT2D eigenvalue weighted by Crippen LogP contribution is 2.41. The molecule has 3 nitrogen and oxygen atoms in total. The molecule has 2 atom stereocenters. The summed E-state index contributed by atoms with van der Waals surface area (Å²) in [6.45, 7) is 12.9. The molecule has 0 bridgehead atoms. The van der Waals surface area contributed by atoms with E-state index in [0.717, 1.165) is 5.56 Å². The molecule has 0 unspecified atom stereocenters. The van der Waals surface area contributed by atoms with Crippen molar-refractivity contribution in [2.45, 2.75) is 51.9 Å². The van der Waals surface area contributed by atoms with Crippen LogP contribution in [-0.4, -0.2) is 21.4 Å². The molecule has 0 N–H and O–H groups in total. The average molecular weight is 308 g/mol. The standard InChI is InChI=1S/C17H28O3Si/c1-13(16(18)19-5)15(14-11-9-8-10-12-14)20-21(6,7)17(2,3)4/h8-13,15H,1-7H3/t13-,15+/m1/s1. The van der Waals surface area contributed by atoms with Gasteiger partial charge < -0.3 is 9.16 Å². The number of hydrogen-bond acceptors (Lipinski definition) is 3. The molecule has 1 aromatic carbocycles. The number of carbonyl (C=O) groups is 1. The van der Waals surface area contributed by atoms with Crippen LogP contribution in [0.1, 0.15) is 39.4 Å². The molecule has 118 valence electrons. The van der Waals surface area contributed by atoms with Crippen LogP contribution in [-0.2, 0) is 14.0 Å². The molecule has 0 aliphatic rings. The second-order valence-electron chi connectivity index (χ2n) is 7.02. The van der Waals surface area contributed by atoms with Crippen LogP contribution in [0.2, 0.25) is 18.1 Å². The molecule has 0 saturated carbocycles. The van der Waals surface area contributed by atoms with Crippen LogP contribution in [0.25, 0.3) is 0 Å². The fourth-order valence-electron chi connectivity index (χ4n) is 1.91. The van der Waals surface area contributed by atoms with Gasteiger partial charge in [-0.25, -0.2) is 0 Å². The lowest BCUT2D eigenvalue weighted by atomic mass is 9.98. The lowest BCUT2D eigenvalue weighted by molar-refractivity contribution is -0.148. The summed E-state index contributed by atoms with van der Waals surface area (Å²) >= 11 is 0. The van der Waals surface area contributed by atoms with Crippen LogP contribution in [0.4, 0.5) is 0 Å². The number of ether oxygens (including phenoxy) is 1. The Morgan fingerprint density at radius 1 is 1.14 bits per heavy atom. The van der Waals surface area contributed by atoms with Crippen LogP contribution < -0.4 is 0 Å². The highest BCUT2D eigenvalue weighted by Gasteiger charge is 2.41. The molecule has 0 saturated heterocycles. The topological polar surface area (TPSA) is 35.5 Å². The number of rotatable bonds is 5. The van der Waals surface area contributed by atoms with Crippen LogP contribution >= 0.6 is 0 Å². The summed E-state index contributed by atoms with van der Waals surface area (Å²) in [5.74, 6) is -0.561. The fraction of sp³-hybridized carbons (Fsp3) is 0.588. The van der Waals surface area contributed by atoms with E-state index in [1.54, 1.807) is 0 Å². The Morgan fingerprint density at radius 2 is 1.67 bits per heavy atom. The minimum atomic E-state index is -1.98. The van der Waals surface area contributed by atoms with Crippen molar-refractivity contribution in [2.75, 3.05) is 7.11 Å². The Labute approximate surface area is 129 Å². The minimum absolute atomic E-state index is 0.0931. The first-order chi connectivity index (χ1) is 9.60. The summed E-state index contributed by atoms with van der Waals surface area (Å²) in [7, 11) is -0.556. The molecule has 0 fully saturated rings. The van der Waals surface area contributed by atoms with E-state index < -0.39 is 8.32 Å². The Balaban J connectivity index is 3.12. The number of carbonyl (C=O) groups excluding carboxylic acids is 1. The maximum atomic E-state index is 12.0. The molecule has 0 spiro atoms. The summed E-state index contributed by atoms with van der Waals surface area (Å²) in [4.78, 5) is 12.0. The number of hydrogen-bond donors (Lipinski definition) is 0. The molecule has 0 amide bonds. The molecule has 1 aromatic rings. The first-order valence-electron chi connectivity index (χ1n) is 7.41. The van der Waals surface area contributed by atoms with Gasteiger partial charge >= 0.3 is 5.97 Å². The SMILES string of the molecule is COC(=O)[C@H](C)[C@H](O[Si](C)(C)C(C)(C)C)c1ccccc1. The highest BCUT2D eigenvalue weighted by atomic mass is 28.4. The van der Waals surface area contributed by atoms with E-state index in [-0.39, 0.29) is 23.0 Å². The van der Waals surface area contributed by atoms with Gasteiger partial charge in [-0.1, -0.05) is 51.1 Å². The van der Waals surface area contributed by atoms with Crippen molar-refractivity contribution in [1.29, 1.82) is 0 Å². The molecule has 21 heavy (non-hydrogen) atoms. The van der Waals surface area contributed by atoms with Crippen LogP contribution in [0.5, 0.6) is 0 Å². The van der Waals surface area contributed by atoms with E-state index in [1.807, 2.05) is 37.3 Å². The second kappa shape index (κ2) is 6.75. The summed E-state index contributed by atoms with van der Waals surface area (Å²) in [6.07, 6.45) is -0.264. The van der Waals surface area contributed by atoms with Gasteiger partial charge in [0.1, 0.15) is 0 Å². The van der Waals surface area contributed by atoms with Gasteiger partial charge in [-0.3, -0.25) is 4.79 Å². The van der Waals surface area contributed by atoms with Crippen molar-refractivity contribution in [2.24, 2.45) is 5.92 Å². The third kappa shape index (κ3) is 4.42. The van der Waals surface area contributed by atoms with Gasteiger partial charge in [0.05, 0.1) is 19.1 Å². The summed E-state index contributed by atoms with van der Waals surface area (Å²) in [6, 6.07) is 9.94. The van der Waals surface area contributed by atoms with E-state index in [0.29, 0.717) is 0 Å². The normalized spacial score (nSPS) is 15.4. The molecule has 0 aliphatic carbocycles. The number of benzene rings is 1. The third-order valence-corrected chi connectivity index (χ3v) is 8.84. The minimum Gasteiger partial charge on any atom is -0.469 e. The van der Waals surface area contributed by atoms with E-state index in [2.05, 4.69) is 33.9 Å². The predicted octanol–water partition coefficient (Wildman–Crippen LogP) is 4.56. The fourth-order valence-corrected chi connectivity index (χ4v) is 3.23. The average Bonchev–Trinajstić information content (AvgIpc) is 2.43. The first-order valence-corrected chi connectivity index (χ1v) is 10.3. The van der Waals surface area contributed by atoms with Gasteiger partial charge in [-0.15, -0.1) is 0 Å². The van der Waals surface area contributed by atoms with Crippen molar-refractivity contribution >= 4 is 14.3 Å². The summed E-state index contributed by atoms with van der Waals surface area (Å²) in [5.41, 5.74) is 1.03. The van der Waals surface area contributed by atoms with E-state index in [4.69, 9.17) is 9.16 Å². The molecular weight excluding hydrogens is 280 g/mol. The second-order valence-corrected chi connectivity index (χ2v) is 11.8. The van der Waals surface area contributed by atoms with Crippen LogP contribution in [0.3, 0.4) is 0 Å². The van der Waals surface area contributed by atoms with E-state index in [1.165, 1.54) is 7.11 Å². The summed E-state index contributed by atoms with van der Waals surface area (Å²) in [5, 5.41) is 0.0931. The quantitative estimate of drug-likeness (QED) is 0.591. The molecule has 0 aromatic heterocycles. The Morgan fingerprint density at radius 3 is 2.10 bits per heavy atom. The van der Waals surface area contributed by atoms with Crippen molar-refractivity contribution in [3.8, 4) is 0 Å². The van der Waals surface area contributed by atoms with Crippen molar-refractivity contribution < 1.29 is 14.0 Å². The zero-order chi connectivity index (χ0) is 16.3. The van der Waals surface area contributed by atoms with Gasteiger partial charge in [0, 0.05) is 0 Å². The molecule has 0 heterocycles. The first kappa shape index (κ1) is 17.9. The van der Waals surface area contributed by atoms with E-state index in [9.17, 15) is 4.79 Å². The highest BCUT2D eigenvalue weighted by molar-refractivity contribution is 6.74. The van der Waals surface area contributed by atoms with E-state index >= 15 is 0 Å². The Kier molecular flexibility index (Phi) is 5.76. The molecule has 1 rings (SSSR count). The largest absolute Gasteiger partial charge is 0.469 e. The van der Waals surface area contributed by atoms with Gasteiger partial charge in [0.25, 0.3) is 0 Å². The zero-order valence-corrected chi connectivity index (χ0v) is 15.3. The van der Waals surface area contributed by atoms with Gasteiger partial charge in [-0.2, -0.15) is 0 Å². The molecule has 0 radical (unpaired) electrons. The maximum Gasteiger partial charge on any atom is 0.311 e. The number of methoxy groups -OCH3 is 1. The predicted molar refractivity (Wildman–Crippen MR) is 88.6 cm³/mol. The monoisotopic (exact) mass is 308 g/mol. The number of esters is 1. The van der Waals surface area contributed by atoms with Gasteiger partial charge in [-0.05, 0) is 30.6 Å². The van der Waals surface area contributed by atoms with Crippen molar-refractivity contribution in [3.63, 3.8) is 0 Å². The Bertz CT molecular complexity index is 463. The lowest BCUT2D eigenvalue weighted by Gasteiger charge is -2.40. The molecule has 4 heteroatoms. The third-order valence-electron chi connectivity index (χ3n) is 4.38. The van der Waals surface area contributed by atoms with Crippen molar-refractivity contribution in [3.05, 3.63) is 35.9 Å². The molecule has 0 aliphatic heterocycles. The van der Waals surface area contributed by atoms with Gasteiger partial charge in [0.2, 0.25) is 0 Å². The summed E-state index contributed by atoms with van der Waals surface area (Å²) < 4.78 is 11.4. The van der Waals surface area contributed by atoms with Crippen LogP contribution in [0, 0.1) is 5.92 Å². The van der Waals surface area contributed by atoms with Gasteiger partial charge in [0.15, 0.2) is 8.32 Å². The van der Waals surface area contributed by atoms with Crippen molar-refractivity contribution in [1.82, 2.24) is 0 Å².